The van der Waals surface area contributed by atoms with Gasteiger partial charge in [-0.05, 0) is 12.1 Å². The highest BCUT2D eigenvalue weighted by Gasteiger charge is 2.18. The van der Waals surface area contributed by atoms with Crippen molar-refractivity contribution in [1.29, 1.82) is 0 Å². The third kappa shape index (κ3) is 5.75. The lowest BCUT2D eigenvalue weighted by Crippen LogP contribution is -2.41. The summed E-state index contributed by atoms with van der Waals surface area (Å²) < 4.78 is 0. The number of carbonyl (C=O) groups excluding carboxylic acids is 2. The van der Waals surface area contributed by atoms with E-state index in [2.05, 4.69) is 10.6 Å². The van der Waals surface area contributed by atoms with Crippen molar-refractivity contribution in [3.05, 3.63) is 35.9 Å². The highest BCUT2D eigenvalue weighted by Crippen LogP contribution is 2.03. The Morgan fingerprint density at radius 1 is 1.25 bits per heavy atom. The van der Waals surface area contributed by atoms with Gasteiger partial charge in [-0.3, -0.25) is 9.59 Å². The number of benzene rings is 1. The molecular formula is C13H16N2O4S. The quantitative estimate of drug-likeness (QED) is 0.508. The summed E-state index contributed by atoms with van der Waals surface area (Å²) in [5.74, 6) is -1.25. The smallest absolute Gasteiger partial charge is 0.327 e. The van der Waals surface area contributed by atoms with Crippen LogP contribution < -0.4 is 10.6 Å². The number of carboxylic acids is 1. The maximum atomic E-state index is 11.7. The lowest BCUT2D eigenvalue weighted by atomic mass is 10.2. The van der Waals surface area contributed by atoms with Crippen LogP contribution in [0.15, 0.2) is 30.3 Å². The number of rotatable bonds is 7. The third-order valence-corrected chi connectivity index (χ3v) is 3.25. The van der Waals surface area contributed by atoms with E-state index in [9.17, 15) is 14.4 Å². The second kappa shape index (κ2) is 8.21. The Kier molecular flexibility index (Phi) is 6.58. The van der Waals surface area contributed by atoms with Crippen LogP contribution in [-0.2, 0) is 9.59 Å². The van der Waals surface area contributed by atoms with Crippen LogP contribution in [0.25, 0.3) is 0 Å². The molecule has 0 saturated carbocycles. The number of nitrogens with one attached hydrogen (secondary N) is 2. The molecule has 1 aromatic rings. The molecule has 1 rings (SSSR count). The van der Waals surface area contributed by atoms with E-state index in [0.29, 0.717) is 5.56 Å². The lowest BCUT2D eigenvalue weighted by Gasteiger charge is -2.12. The number of carboxylic acid groups (broad SMARTS) is 1. The maximum Gasteiger partial charge on any atom is 0.327 e. The largest absolute Gasteiger partial charge is 0.480 e. The SMILES string of the molecule is CC(=O)N[C@@H](CSCNC(=O)c1ccccc1)C(=O)O. The first-order valence-electron chi connectivity index (χ1n) is 5.91. The van der Waals surface area contributed by atoms with Gasteiger partial charge in [-0.15, -0.1) is 11.8 Å². The minimum absolute atomic E-state index is 0.185. The Balaban J connectivity index is 2.32. The van der Waals surface area contributed by atoms with Crippen LogP contribution in [0.4, 0.5) is 0 Å². The van der Waals surface area contributed by atoms with E-state index in [1.807, 2.05) is 6.07 Å². The number of amides is 2. The topological polar surface area (TPSA) is 95.5 Å². The van der Waals surface area contributed by atoms with Gasteiger partial charge in [0.25, 0.3) is 5.91 Å². The molecule has 0 bridgehead atoms. The molecule has 0 unspecified atom stereocenters. The Bertz CT molecular complexity index is 479. The van der Waals surface area contributed by atoms with Crippen molar-refractivity contribution >= 4 is 29.5 Å². The molecule has 0 aliphatic heterocycles. The number of carbonyl (C=O) groups is 3. The standard InChI is InChI=1S/C13H16N2O4S/c1-9(16)15-11(13(18)19)7-20-8-14-12(17)10-5-3-2-4-6-10/h2-6,11H,7-8H2,1H3,(H,14,17)(H,15,16)(H,18,19)/t11-/m0/s1. The summed E-state index contributed by atoms with van der Waals surface area (Å²) >= 11 is 1.23. The van der Waals surface area contributed by atoms with Crippen molar-refractivity contribution in [2.24, 2.45) is 0 Å². The summed E-state index contributed by atoms with van der Waals surface area (Å²) in [7, 11) is 0. The molecule has 0 spiro atoms. The van der Waals surface area contributed by atoms with Crippen molar-refractivity contribution in [2.75, 3.05) is 11.6 Å². The van der Waals surface area contributed by atoms with Gasteiger partial charge in [0, 0.05) is 18.2 Å². The van der Waals surface area contributed by atoms with Crippen LogP contribution in [0.3, 0.4) is 0 Å². The van der Waals surface area contributed by atoms with Gasteiger partial charge < -0.3 is 15.7 Å². The molecule has 0 aromatic heterocycles. The minimum atomic E-state index is -1.10. The molecule has 6 nitrogen and oxygen atoms in total. The molecule has 2 amide bonds. The molecule has 0 heterocycles. The predicted octanol–water partition coefficient (Wildman–Crippen LogP) is 0.696. The Morgan fingerprint density at radius 2 is 1.90 bits per heavy atom. The summed E-state index contributed by atoms with van der Waals surface area (Å²) in [5.41, 5.74) is 0.546. The zero-order chi connectivity index (χ0) is 15.0. The first kappa shape index (κ1) is 16.0. The van der Waals surface area contributed by atoms with E-state index in [1.54, 1.807) is 24.3 Å². The molecule has 7 heteroatoms. The molecule has 1 atom stereocenters. The first-order valence-corrected chi connectivity index (χ1v) is 7.07. The molecule has 0 fully saturated rings. The van der Waals surface area contributed by atoms with E-state index < -0.39 is 17.9 Å². The van der Waals surface area contributed by atoms with Crippen molar-refractivity contribution in [3.8, 4) is 0 Å². The molecule has 0 saturated heterocycles. The average molecular weight is 296 g/mol. The van der Waals surface area contributed by atoms with Crippen LogP contribution in [0.2, 0.25) is 0 Å². The second-order valence-corrected chi connectivity index (χ2v) is 5.01. The molecule has 20 heavy (non-hydrogen) atoms. The normalized spacial score (nSPS) is 11.4. The molecule has 3 N–H and O–H groups in total. The van der Waals surface area contributed by atoms with Crippen LogP contribution in [0, 0.1) is 0 Å². The zero-order valence-electron chi connectivity index (χ0n) is 11.0. The fourth-order valence-electron chi connectivity index (χ4n) is 1.40. The highest BCUT2D eigenvalue weighted by atomic mass is 32.2. The van der Waals surface area contributed by atoms with E-state index in [0.717, 1.165) is 0 Å². The van der Waals surface area contributed by atoms with Gasteiger partial charge in [-0.2, -0.15) is 0 Å². The van der Waals surface area contributed by atoms with E-state index >= 15 is 0 Å². The average Bonchev–Trinajstić information content (AvgIpc) is 2.42. The Hall–Kier alpha value is -2.02. The molecule has 108 valence electrons. The van der Waals surface area contributed by atoms with Crippen LogP contribution in [0.5, 0.6) is 0 Å². The predicted molar refractivity (Wildman–Crippen MR) is 76.5 cm³/mol. The summed E-state index contributed by atoms with van der Waals surface area (Å²) in [6, 6.07) is 7.77. The highest BCUT2D eigenvalue weighted by molar-refractivity contribution is 7.99. The van der Waals surface area contributed by atoms with Gasteiger partial charge >= 0.3 is 5.97 Å². The maximum absolute atomic E-state index is 11.7. The fourth-order valence-corrected chi connectivity index (χ4v) is 2.22. The third-order valence-electron chi connectivity index (χ3n) is 2.33. The monoisotopic (exact) mass is 296 g/mol. The van der Waals surface area contributed by atoms with Crippen molar-refractivity contribution in [2.45, 2.75) is 13.0 Å². The number of hydrogen-bond donors (Lipinski definition) is 3. The second-order valence-electron chi connectivity index (χ2n) is 3.98. The molecule has 0 aliphatic rings. The van der Waals surface area contributed by atoms with E-state index in [1.165, 1.54) is 18.7 Å². The number of aliphatic carboxylic acids is 1. The number of thioether (sulfide) groups is 1. The van der Waals surface area contributed by atoms with Gasteiger partial charge in [0.05, 0.1) is 5.88 Å². The fraction of sp³-hybridized carbons (Fsp3) is 0.308. The Morgan fingerprint density at radius 3 is 2.45 bits per heavy atom. The summed E-state index contributed by atoms with van der Waals surface area (Å²) in [6.07, 6.45) is 0. The Labute approximate surface area is 120 Å². The van der Waals surface area contributed by atoms with Crippen LogP contribution in [0.1, 0.15) is 17.3 Å². The molecule has 1 aromatic carbocycles. The van der Waals surface area contributed by atoms with Gasteiger partial charge in [0.15, 0.2) is 0 Å². The summed E-state index contributed by atoms with van der Waals surface area (Å²) in [6.45, 7) is 1.26. The molecule has 0 radical (unpaired) electrons. The van der Waals surface area contributed by atoms with Gasteiger partial charge in [0.1, 0.15) is 6.04 Å². The van der Waals surface area contributed by atoms with Crippen molar-refractivity contribution in [1.82, 2.24) is 10.6 Å². The van der Waals surface area contributed by atoms with Crippen LogP contribution >= 0.6 is 11.8 Å². The first-order chi connectivity index (χ1) is 9.50. The minimum Gasteiger partial charge on any atom is -0.480 e. The zero-order valence-corrected chi connectivity index (χ0v) is 11.8. The van der Waals surface area contributed by atoms with Gasteiger partial charge in [0.2, 0.25) is 5.91 Å². The molecular weight excluding hydrogens is 280 g/mol. The van der Waals surface area contributed by atoms with E-state index in [4.69, 9.17) is 5.11 Å². The number of hydrogen-bond acceptors (Lipinski definition) is 4. The van der Waals surface area contributed by atoms with Crippen molar-refractivity contribution in [3.63, 3.8) is 0 Å². The van der Waals surface area contributed by atoms with Gasteiger partial charge in [-0.25, -0.2) is 4.79 Å². The van der Waals surface area contributed by atoms with E-state index in [-0.39, 0.29) is 17.5 Å². The summed E-state index contributed by atoms with van der Waals surface area (Å²) in [4.78, 5) is 33.4. The van der Waals surface area contributed by atoms with Crippen molar-refractivity contribution < 1.29 is 19.5 Å². The lowest BCUT2D eigenvalue weighted by molar-refractivity contribution is -0.140. The molecule has 0 aliphatic carbocycles. The van der Waals surface area contributed by atoms with Gasteiger partial charge in [-0.1, -0.05) is 18.2 Å². The van der Waals surface area contributed by atoms with Crippen LogP contribution in [-0.4, -0.2) is 40.6 Å². The summed E-state index contributed by atoms with van der Waals surface area (Å²) in [5, 5.41) is 13.9.